The van der Waals surface area contributed by atoms with Gasteiger partial charge in [-0.2, -0.15) is 0 Å². The Labute approximate surface area is 85.5 Å². The van der Waals surface area contributed by atoms with Crippen LogP contribution < -0.4 is 0 Å². The van der Waals surface area contributed by atoms with Crippen LogP contribution in [-0.2, 0) is 4.74 Å². The predicted octanol–water partition coefficient (Wildman–Crippen LogP) is 3.51. The molecule has 0 radical (unpaired) electrons. The third kappa shape index (κ3) is 2.63. The van der Waals surface area contributed by atoms with E-state index in [0.717, 1.165) is 25.0 Å². The van der Waals surface area contributed by atoms with Gasteiger partial charge in [0.05, 0.1) is 0 Å². The van der Waals surface area contributed by atoms with Crippen LogP contribution in [0.5, 0.6) is 0 Å². The summed E-state index contributed by atoms with van der Waals surface area (Å²) in [6.45, 7) is 0.715. The van der Waals surface area contributed by atoms with Gasteiger partial charge in [-0.05, 0) is 43.4 Å². The molecular weight excluding hydrogens is 172 g/mol. The van der Waals surface area contributed by atoms with Gasteiger partial charge in [0.25, 0.3) is 0 Å². The Morgan fingerprint density at radius 2 is 1.71 bits per heavy atom. The second-order valence-corrected chi connectivity index (χ2v) is 3.63. The lowest BCUT2D eigenvalue weighted by Crippen LogP contribution is -1.98. The van der Waals surface area contributed by atoms with Crippen LogP contribution in [0.2, 0.25) is 0 Å². The van der Waals surface area contributed by atoms with E-state index in [1.807, 2.05) is 0 Å². The van der Waals surface area contributed by atoms with Crippen molar-refractivity contribution in [1.82, 2.24) is 0 Å². The lowest BCUT2D eigenvalue weighted by molar-refractivity contribution is 0.252. The van der Waals surface area contributed by atoms with Crippen LogP contribution >= 0.6 is 0 Å². The van der Waals surface area contributed by atoms with Gasteiger partial charge in [-0.15, -0.1) is 0 Å². The molecule has 0 aromatic carbocycles. The molecule has 1 nitrogen and oxygen atoms in total. The van der Waals surface area contributed by atoms with Crippen molar-refractivity contribution in [3.05, 3.63) is 47.8 Å². The Hall–Kier alpha value is -1.24. The van der Waals surface area contributed by atoms with Crippen molar-refractivity contribution >= 4 is 0 Å². The van der Waals surface area contributed by atoms with Crippen molar-refractivity contribution in [1.29, 1.82) is 0 Å². The first-order chi connectivity index (χ1) is 6.95. The van der Waals surface area contributed by atoms with Crippen LogP contribution in [-0.4, -0.2) is 6.61 Å². The average Bonchev–Trinajstić information content (AvgIpc) is 2.29. The van der Waals surface area contributed by atoms with Gasteiger partial charge in [0.2, 0.25) is 0 Å². The molecule has 0 saturated carbocycles. The molecule has 0 aromatic heterocycles. The molecule has 0 N–H and O–H groups in total. The summed E-state index contributed by atoms with van der Waals surface area (Å²) >= 11 is 0. The minimum absolute atomic E-state index is 0.715. The van der Waals surface area contributed by atoms with E-state index in [2.05, 4.69) is 36.5 Å². The Kier molecular flexibility index (Phi) is 3.23. The molecule has 1 heteroatoms. The summed E-state index contributed by atoms with van der Waals surface area (Å²) in [5.41, 5.74) is 1.30. The molecule has 0 atom stereocenters. The molecule has 0 saturated heterocycles. The monoisotopic (exact) mass is 188 g/mol. The SMILES string of the molecule is C1=CC(COC2=CCCC=C2)=CCC1. The van der Waals surface area contributed by atoms with E-state index < -0.39 is 0 Å². The van der Waals surface area contributed by atoms with Crippen LogP contribution in [0, 0.1) is 0 Å². The van der Waals surface area contributed by atoms with Gasteiger partial charge in [-0.1, -0.05) is 24.3 Å². The number of hydrogen-bond donors (Lipinski definition) is 0. The van der Waals surface area contributed by atoms with Crippen LogP contribution in [0.4, 0.5) is 0 Å². The molecule has 0 unspecified atom stereocenters. The third-order valence-corrected chi connectivity index (χ3v) is 2.44. The number of ether oxygens (including phenoxy) is 1. The molecule has 14 heavy (non-hydrogen) atoms. The van der Waals surface area contributed by atoms with Crippen molar-refractivity contribution in [2.75, 3.05) is 6.61 Å². The van der Waals surface area contributed by atoms with Gasteiger partial charge in [-0.3, -0.25) is 0 Å². The van der Waals surface area contributed by atoms with Gasteiger partial charge < -0.3 is 4.74 Å². The Morgan fingerprint density at radius 1 is 0.929 bits per heavy atom. The van der Waals surface area contributed by atoms with Crippen molar-refractivity contribution in [3.63, 3.8) is 0 Å². The Balaban J connectivity index is 1.82. The fraction of sp³-hybridized carbons (Fsp3) is 0.385. The standard InChI is InChI=1S/C13H16O/c1-3-7-12(8-4-1)11-14-13-9-5-2-6-10-13/h3,5,7-10H,1-2,4,6,11H2. The van der Waals surface area contributed by atoms with E-state index in [0.29, 0.717) is 6.61 Å². The van der Waals surface area contributed by atoms with Gasteiger partial charge >= 0.3 is 0 Å². The van der Waals surface area contributed by atoms with Gasteiger partial charge in [0.1, 0.15) is 12.4 Å². The first-order valence-corrected chi connectivity index (χ1v) is 5.30. The highest BCUT2D eigenvalue weighted by Crippen LogP contribution is 2.14. The maximum atomic E-state index is 5.68. The van der Waals surface area contributed by atoms with E-state index in [1.54, 1.807) is 0 Å². The maximum absolute atomic E-state index is 5.68. The highest BCUT2D eigenvalue weighted by Gasteiger charge is 2.01. The van der Waals surface area contributed by atoms with Gasteiger partial charge in [-0.25, -0.2) is 0 Å². The second kappa shape index (κ2) is 4.85. The Bertz CT molecular complexity index is 273. The summed E-state index contributed by atoms with van der Waals surface area (Å²) < 4.78 is 5.68. The molecule has 2 aliphatic rings. The zero-order valence-corrected chi connectivity index (χ0v) is 8.41. The van der Waals surface area contributed by atoms with E-state index in [1.165, 1.54) is 12.0 Å². The smallest absolute Gasteiger partial charge is 0.115 e. The van der Waals surface area contributed by atoms with E-state index in [9.17, 15) is 0 Å². The van der Waals surface area contributed by atoms with Crippen molar-refractivity contribution in [3.8, 4) is 0 Å². The largest absolute Gasteiger partial charge is 0.489 e. The van der Waals surface area contributed by atoms with Gasteiger partial charge in [0.15, 0.2) is 0 Å². The van der Waals surface area contributed by atoms with Crippen LogP contribution in [0.3, 0.4) is 0 Å². The first-order valence-electron chi connectivity index (χ1n) is 5.30. The number of hydrogen-bond acceptors (Lipinski definition) is 1. The summed E-state index contributed by atoms with van der Waals surface area (Å²) in [7, 11) is 0. The van der Waals surface area contributed by atoms with Crippen LogP contribution in [0.1, 0.15) is 25.7 Å². The summed E-state index contributed by atoms with van der Waals surface area (Å²) in [5.74, 6) is 1.02. The quantitative estimate of drug-likeness (QED) is 0.658. The van der Waals surface area contributed by atoms with Crippen molar-refractivity contribution in [2.45, 2.75) is 25.7 Å². The zero-order valence-electron chi connectivity index (χ0n) is 8.41. The highest BCUT2D eigenvalue weighted by molar-refractivity contribution is 5.24. The summed E-state index contributed by atoms with van der Waals surface area (Å²) in [6.07, 6.45) is 17.6. The van der Waals surface area contributed by atoms with Crippen LogP contribution in [0.25, 0.3) is 0 Å². The molecule has 0 spiro atoms. The second-order valence-electron chi connectivity index (χ2n) is 3.63. The number of allylic oxidation sites excluding steroid dienone is 5. The molecule has 2 rings (SSSR count). The molecule has 0 heterocycles. The summed E-state index contributed by atoms with van der Waals surface area (Å²) in [5, 5.41) is 0. The molecule has 74 valence electrons. The molecule has 2 aliphatic carbocycles. The van der Waals surface area contributed by atoms with Crippen LogP contribution in [0.15, 0.2) is 47.8 Å². The molecule has 0 amide bonds. The summed E-state index contributed by atoms with van der Waals surface area (Å²) in [6, 6.07) is 0. The van der Waals surface area contributed by atoms with Crippen molar-refractivity contribution in [2.24, 2.45) is 0 Å². The summed E-state index contributed by atoms with van der Waals surface area (Å²) in [4.78, 5) is 0. The normalized spacial score (nSPS) is 20.3. The predicted molar refractivity (Wildman–Crippen MR) is 58.9 cm³/mol. The number of rotatable bonds is 3. The highest BCUT2D eigenvalue weighted by atomic mass is 16.5. The Morgan fingerprint density at radius 3 is 2.36 bits per heavy atom. The van der Waals surface area contributed by atoms with Gasteiger partial charge in [0, 0.05) is 0 Å². The third-order valence-electron chi connectivity index (χ3n) is 2.44. The lowest BCUT2D eigenvalue weighted by Gasteiger charge is -2.11. The topological polar surface area (TPSA) is 9.23 Å². The maximum Gasteiger partial charge on any atom is 0.115 e. The molecule has 0 bridgehead atoms. The average molecular weight is 188 g/mol. The first kappa shape index (κ1) is 9.32. The molecule has 0 aliphatic heterocycles. The van der Waals surface area contributed by atoms with Crippen molar-refractivity contribution < 1.29 is 4.74 Å². The van der Waals surface area contributed by atoms with E-state index >= 15 is 0 Å². The zero-order chi connectivity index (χ0) is 9.64. The lowest BCUT2D eigenvalue weighted by atomic mass is 10.1. The fourth-order valence-electron chi connectivity index (χ4n) is 1.64. The van der Waals surface area contributed by atoms with E-state index in [-0.39, 0.29) is 0 Å². The minimum atomic E-state index is 0.715. The molecule has 0 aromatic rings. The molecule has 0 fully saturated rings. The minimum Gasteiger partial charge on any atom is -0.489 e. The molecular formula is C13H16O. The van der Waals surface area contributed by atoms with E-state index in [4.69, 9.17) is 4.74 Å². The fourth-order valence-corrected chi connectivity index (χ4v) is 1.64.